The number of esters is 1. The minimum absolute atomic E-state index is 0.0548. The van der Waals surface area contributed by atoms with Gasteiger partial charge in [-0.05, 0) is 53.8 Å². The number of carbonyl (C=O) groups is 2. The van der Waals surface area contributed by atoms with Crippen LogP contribution in [-0.2, 0) is 14.9 Å². The molecule has 0 radical (unpaired) electrons. The van der Waals surface area contributed by atoms with E-state index in [-0.39, 0.29) is 34.2 Å². The molecule has 0 unspecified atom stereocenters. The van der Waals surface area contributed by atoms with E-state index in [9.17, 15) is 19.1 Å². The lowest BCUT2D eigenvalue weighted by Crippen LogP contribution is -2.14. The van der Waals surface area contributed by atoms with Crippen molar-refractivity contribution in [1.82, 2.24) is 0 Å². The van der Waals surface area contributed by atoms with Crippen molar-refractivity contribution in [3.05, 3.63) is 87.3 Å². The molecule has 1 aliphatic rings. The van der Waals surface area contributed by atoms with Crippen molar-refractivity contribution in [3.8, 4) is 0 Å². The lowest BCUT2D eigenvalue weighted by Gasteiger charge is -2.18. The van der Waals surface area contributed by atoms with Crippen LogP contribution in [0.1, 0.15) is 49.2 Å². The Balaban J connectivity index is 1.96. The summed E-state index contributed by atoms with van der Waals surface area (Å²) in [5, 5.41) is 10.7. The van der Waals surface area contributed by atoms with Crippen LogP contribution in [0.2, 0.25) is 0 Å². The first-order valence-corrected chi connectivity index (χ1v) is 10.9. The number of hydrogen-bond donors (Lipinski definition) is 1. The van der Waals surface area contributed by atoms with E-state index in [0.29, 0.717) is 16.0 Å². The maximum atomic E-state index is 13.2. The van der Waals surface area contributed by atoms with Gasteiger partial charge in [-0.1, -0.05) is 56.8 Å². The highest BCUT2D eigenvalue weighted by Crippen LogP contribution is 2.39. The van der Waals surface area contributed by atoms with Crippen LogP contribution in [-0.4, -0.2) is 28.6 Å². The zero-order valence-electron chi connectivity index (χ0n) is 18.3. The zero-order valence-corrected chi connectivity index (χ0v) is 19.1. The minimum Gasteiger partial charge on any atom is -0.506 e. The molecule has 3 rings (SSSR count). The molecule has 7 heteroatoms. The lowest BCUT2D eigenvalue weighted by atomic mass is 9.87. The molecule has 2 aromatic carbocycles. The molecule has 0 aliphatic carbocycles. The maximum Gasteiger partial charge on any atom is 0.344 e. The highest BCUT2D eigenvalue weighted by molar-refractivity contribution is 8.18. The van der Waals surface area contributed by atoms with Gasteiger partial charge in [0.15, 0.2) is 0 Å². The molecular formula is C25H24FNO4S. The number of thioether (sulfide) groups is 1. The number of hydrogen-bond acceptors (Lipinski definition) is 5. The summed E-state index contributed by atoms with van der Waals surface area (Å²) in [6.07, 6.45) is 1.59. The predicted octanol–water partition coefficient (Wildman–Crippen LogP) is 5.83. The fraction of sp³-hybridized carbons (Fsp3) is 0.240. The molecule has 1 aliphatic heterocycles. The number of amides is 1. The van der Waals surface area contributed by atoms with Gasteiger partial charge in [0.25, 0.3) is 5.91 Å². The van der Waals surface area contributed by atoms with Gasteiger partial charge in [0.2, 0.25) is 0 Å². The average Bonchev–Trinajstić information content (AvgIpc) is 3.04. The van der Waals surface area contributed by atoms with Crippen LogP contribution >= 0.6 is 11.8 Å². The van der Waals surface area contributed by atoms with Crippen molar-refractivity contribution in [3.63, 3.8) is 0 Å². The van der Waals surface area contributed by atoms with Gasteiger partial charge in [0, 0.05) is 5.56 Å². The van der Waals surface area contributed by atoms with Crippen molar-refractivity contribution >= 4 is 34.8 Å². The van der Waals surface area contributed by atoms with Gasteiger partial charge in [0.05, 0.1) is 11.5 Å². The molecule has 0 fully saturated rings. The van der Waals surface area contributed by atoms with E-state index < -0.39 is 11.9 Å². The van der Waals surface area contributed by atoms with Crippen molar-refractivity contribution in [2.75, 3.05) is 6.61 Å². The topological polar surface area (TPSA) is 76.0 Å². The molecular weight excluding hydrogens is 429 g/mol. The summed E-state index contributed by atoms with van der Waals surface area (Å²) >= 11 is 0.982. The monoisotopic (exact) mass is 453 g/mol. The molecule has 2 aromatic rings. The Morgan fingerprint density at radius 1 is 1.09 bits per heavy atom. The minimum atomic E-state index is -0.769. The molecule has 1 N–H and O–H groups in total. The quantitative estimate of drug-likeness (QED) is 0.590. The maximum absolute atomic E-state index is 13.2. The van der Waals surface area contributed by atoms with E-state index in [1.807, 2.05) is 12.1 Å². The van der Waals surface area contributed by atoms with E-state index in [4.69, 9.17) is 4.74 Å². The van der Waals surface area contributed by atoms with Gasteiger partial charge in [-0.2, -0.15) is 0 Å². The van der Waals surface area contributed by atoms with Crippen LogP contribution in [0.25, 0.3) is 6.08 Å². The number of benzene rings is 2. The summed E-state index contributed by atoms with van der Waals surface area (Å²) in [5.74, 6) is -2.02. The summed E-state index contributed by atoms with van der Waals surface area (Å²) < 4.78 is 18.2. The Labute approximate surface area is 190 Å². The van der Waals surface area contributed by atoms with E-state index in [1.165, 1.54) is 24.3 Å². The fourth-order valence-corrected chi connectivity index (χ4v) is 3.98. The molecule has 5 nitrogen and oxygen atoms in total. The Kier molecular flexibility index (Phi) is 6.99. The number of rotatable bonds is 4. The number of halogens is 1. The molecule has 166 valence electrons. The summed E-state index contributed by atoms with van der Waals surface area (Å²) in [6.45, 7) is 7.98. The van der Waals surface area contributed by atoms with Gasteiger partial charge in [-0.15, -0.1) is 0 Å². The van der Waals surface area contributed by atoms with Gasteiger partial charge in [0.1, 0.15) is 22.2 Å². The third-order valence-corrected chi connectivity index (χ3v) is 5.76. The number of nitrogens with zero attached hydrogens (tertiary/aromatic N) is 1. The molecule has 1 heterocycles. The third kappa shape index (κ3) is 5.34. The van der Waals surface area contributed by atoms with Crippen LogP contribution in [0.5, 0.6) is 0 Å². The normalized spacial score (nSPS) is 16.7. The molecule has 0 atom stereocenters. The second-order valence-corrected chi connectivity index (χ2v) is 9.19. The lowest BCUT2D eigenvalue weighted by molar-refractivity contribution is -0.138. The predicted molar refractivity (Wildman–Crippen MR) is 125 cm³/mol. The molecule has 1 amide bonds. The fourth-order valence-electron chi connectivity index (χ4n) is 2.97. The van der Waals surface area contributed by atoms with Gasteiger partial charge >= 0.3 is 5.97 Å². The zero-order chi connectivity index (χ0) is 23.5. The molecule has 32 heavy (non-hydrogen) atoms. The third-order valence-electron chi connectivity index (χ3n) is 4.74. The van der Waals surface area contributed by atoms with Crippen LogP contribution in [0.4, 0.5) is 4.39 Å². The highest BCUT2D eigenvalue weighted by Gasteiger charge is 2.34. The standard InChI is InChI=1S/C25H24FNO4S/c1-5-31-24(30)20-21(28)19(14-15-6-12-18(26)13-7-15)32-23(20)27-22(29)16-8-10-17(11-9-16)25(2,3)4/h6-14,28H,5H2,1-4H3/b19-14-,27-23?. The second-order valence-electron chi connectivity index (χ2n) is 8.16. The highest BCUT2D eigenvalue weighted by atomic mass is 32.2. The first-order valence-electron chi connectivity index (χ1n) is 10.1. The van der Waals surface area contributed by atoms with Crippen molar-refractivity contribution in [2.24, 2.45) is 4.99 Å². The molecule has 0 saturated heterocycles. The summed E-state index contributed by atoms with van der Waals surface area (Å²) in [6, 6.07) is 12.8. The summed E-state index contributed by atoms with van der Waals surface area (Å²) in [4.78, 5) is 29.7. The van der Waals surface area contributed by atoms with E-state index >= 15 is 0 Å². The Morgan fingerprint density at radius 3 is 2.28 bits per heavy atom. The van der Waals surface area contributed by atoms with Crippen LogP contribution in [0.3, 0.4) is 0 Å². The van der Waals surface area contributed by atoms with Gasteiger partial charge in [-0.25, -0.2) is 14.2 Å². The Morgan fingerprint density at radius 2 is 1.72 bits per heavy atom. The van der Waals surface area contributed by atoms with Crippen molar-refractivity contribution < 1.29 is 23.8 Å². The first kappa shape index (κ1) is 23.5. The summed E-state index contributed by atoms with van der Waals surface area (Å²) in [5.41, 5.74) is 1.84. The smallest absolute Gasteiger partial charge is 0.344 e. The molecule has 0 bridgehead atoms. The largest absolute Gasteiger partial charge is 0.506 e. The number of ether oxygens (including phenoxy) is 1. The number of aliphatic hydroxyl groups is 1. The van der Waals surface area contributed by atoms with Gasteiger partial charge < -0.3 is 9.84 Å². The van der Waals surface area contributed by atoms with Crippen molar-refractivity contribution in [2.45, 2.75) is 33.1 Å². The average molecular weight is 454 g/mol. The van der Waals surface area contributed by atoms with E-state index in [0.717, 1.165) is 17.3 Å². The summed E-state index contributed by atoms with van der Waals surface area (Å²) in [7, 11) is 0. The Bertz CT molecular complexity index is 1120. The first-order chi connectivity index (χ1) is 15.1. The number of carbonyl (C=O) groups excluding carboxylic acids is 2. The van der Waals surface area contributed by atoms with Crippen molar-refractivity contribution in [1.29, 1.82) is 0 Å². The molecule has 0 saturated carbocycles. The molecule has 0 spiro atoms. The van der Waals surface area contributed by atoms with Gasteiger partial charge in [-0.3, -0.25) is 4.79 Å². The number of aliphatic hydroxyl groups excluding tert-OH is 1. The Hall–Kier alpha value is -3.19. The SMILES string of the molecule is CCOC(=O)C1=C(O)/C(=C/c2ccc(F)cc2)SC1=NC(=O)c1ccc(C(C)(C)C)cc1. The number of aliphatic imine (C=N–C) groups is 1. The van der Waals surface area contributed by atoms with Crippen LogP contribution in [0, 0.1) is 5.82 Å². The second kappa shape index (κ2) is 9.53. The molecule has 0 aromatic heterocycles. The van der Waals surface area contributed by atoms with E-state index in [2.05, 4.69) is 25.8 Å². The van der Waals surface area contributed by atoms with E-state index in [1.54, 1.807) is 25.1 Å². The van der Waals surface area contributed by atoms with Crippen LogP contribution in [0.15, 0.2) is 69.8 Å². The van der Waals surface area contributed by atoms with Crippen LogP contribution < -0.4 is 0 Å².